The van der Waals surface area contributed by atoms with Gasteiger partial charge in [-0.2, -0.15) is 0 Å². The lowest BCUT2D eigenvalue weighted by Gasteiger charge is -2.37. The smallest absolute Gasteiger partial charge is 0.319 e. The maximum Gasteiger partial charge on any atom is 0.319 e. The second-order valence-corrected chi connectivity index (χ2v) is 5.21. The van der Waals surface area contributed by atoms with Crippen LogP contribution in [0.3, 0.4) is 0 Å². The van der Waals surface area contributed by atoms with Crippen LogP contribution in [0.25, 0.3) is 0 Å². The van der Waals surface area contributed by atoms with Crippen molar-refractivity contribution in [3.05, 3.63) is 0 Å². The molecule has 0 aliphatic carbocycles. The van der Waals surface area contributed by atoms with Gasteiger partial charge >= 0.3 is 5.97 Å². The van der Waals surface area contributed by atoms with Crippen LogP contribution in [-0.2, 0) is 19.1 Å². The minimum atomic E-state index is -1.14. The van der Waals surface area contributed by atoms with Crippen LogP contribution in [0.2, 0.25) is 0 Å². The van der Waals surface area contributed by atoms with Crippen molar-refractivity contribution < 1.29 is 19.1 Å². The molecule has 0 saturated carbocycles. The van der Waals surface area contributed by atoms with Gasteiger partial charge in [0.2, 0.25) is 0 Å². The van der Waals surface area contributed by atoms with Gasteiger partial charge in [-0.1, -0.05) is 0 Å². The van der Waals surface area contributed by atoms with E-state index in [-0.39, 0.29) is 12.4 Å². The Bertz CT molecular complexity index is 301. The van der Waals surface area contributed by atoms with Crippen molar-refractivity contribution in [2.24, 2.45) is 5.41 Å². The Hall–Kier alpha value is -0.900. The molecule has 0 aromatic carbocycles. The number of esters is 1. The molecular formula is C13H22O4. The van der Waals surface area contributed by atoms with Crippen molar-refractivity contribution in [1.29, 1.82) is 0 Å². The molecule has 0 spiro atoms. The zero-order valence-corrected chi connectivity index (χ0v) is 11.2. The van der Waals surface area contributed by atoms with E-state index in [0.29, 0.717) is 13.0 Å². The molecule has 0 aromatic rings. The average Bonchev–Trinajstić information content (AvgIpc) is 2.29. The number of hydrogen-bond donors (Lipinski definition) is 0. The monoisotopic (exact) mass is 242 g/mol. The van der Waals surface area contributed by atoms with E-state index in [2.05, 4.69) is 0 Å². The standard InChI is InChI=1S/C13H22O4/c1-5-16-11(15)12(2,3)10(14)13(4)8-6-7-9-17-13/h5-9H2,1-4H3. The molecule has 1 fully saturated rings. The van der Waals surface area contributed by atoms with E-state index in [9.17, 15) is 9.59 Å². The van der Waals surface area contributed by atoms with Crippen LogP contribution in [0, 0.1) is 5.41 Å². The van der Waals surface area contributed by atoms with Crippen LogP contribution >= 0.6 is 0 Å². The van der Waals surface area contributed by atoms with Crippen molar-refractivity contribution in [2.45, 2.75) is 52.6 Å². The fourth-order valence-corrected chi connectivity index (χ4v) is 2.18. The van der Waals surface area contributed by atoms with Crippen LogP contribution in [0.4, 0.5) is 0 Å². The lowest BCUT2D eigenvalue weighted by molar-refractivity contribution is -0.170. The number of carbonyl (C=O) groups is 2. The molecular weight excluding hydrogens is 220 g/mol. The van der Waals surface area contributed by atoms with Crippen molar-refractivity contribution >= 4 is 11.8 Å². The zero-order valence-electron chi connectivity index (χ0n) is 11.2. The molecule has 1 rings (SSSR count). The molecule has 17 heavy (non-hydrogen) atoms. The predicted octanol–water partition coefficient (Wildman–Crippen LogP) is 2.10. The van der Waals surface area contributed by atoms with Gasteiger partial charge in [0.1, 0.15) is 11.0 Å². The van der Waals surface area contributed by atoms with Gasteiger partial charge in [0, 0.05) is 6.61 Å². The third-order valence-corrected chi connectivity index (χ3v) is 3.30. The number of ether oxygens (including phenoxy) is 2. The van der Waals surface area contributed by atoms with Gasteiger partial charge in [-0.3, -0.25) is 9.59 Å². The Balaban J connectivity index is 2.83. The summed E-state index contributed by atoms with van der Waals surface area (Å²) >= 11 is 0. The molecule has 1 saturated heterocycles. The first-order chi connectivity index (χ1) is 7.84. The molecule has 0 bridgehead atoms. The topological polar surface area (TPSA) is 52.6 Å². The first-order valence-corrected chi connectivity index (χ1v) is 6.20. The second-order valence-electron chi connectivity index (χ2n) is 5.21. The van der Waals surface area contributed by atoms with Gasteiger partial charge in [0.15, 0.2) is 5.78 Å². The summed E-state index contributed by atoms with van der Waals surface area (Å²) in [5, 5.41) is 0. The number of carbonyl (C=O) groups excluding carboxylic acids is 2. The quantitative estimate of drug-likeness (QED) is 0.559. The molecule has 0 aromatic heterocycles. The van der Waals surface area contributed by atoms with E-state index >= 15 is 0 Å². The Morgan fingerprint density at radius 1 is 1.35 bits per heavy atom. The molecule has 1 aliphatic rings. The minimum absolute atomic E-state index is 0.178. The minimum Gasteiger partial charge on any atom is -0.465 e. The van der Waals surface area contributed by atoms with Crippen molar-refractivity contribution in [3.8, 4) is 0 Å². The predicted molar refractivity (Wildman–Crippen MR) is 63.6 cm³/mol. The van der Waals surface area contributed by atoms with Crippen LogP contribution in [0.15, 0.2) is 0 Å². The Kier molecular flexibility index (Phi) is 4.31. The molecule has 0 amide bonds. The van der Waals surface area contributed by atoms with E-state index in [0.717, 1.165) is 12.8 Å². The summed E-state index contributed by atoms with van der Waals surface area (Å²) < 4.78 is 10.5. The van der Waals surface area contributed by atoms with Crippen LogP contribution in [0.1, 0.15) is 47.0 Å². The second kappa shape index (κ2) is 5.17. The summed E-state index contributed by atoms with van der Waals surface area (Å²) in [5.41, 5.74) is -1.98. The Morgan fingerprint density at radius 3 is 2.47 bits per heavy atom. The van der Waals surface area contributed by atoms with Gasteiger partial charge in [-0.05, 0) is 47.0 Å². The van der Waals surface area contributed by atoms with Crippen molar-refractivity contribution in [1.82, 2.24) is 0 Å². The molecule has 1 heterocycles. The summed E-state index contributed by atoms with van der Waals surface area (Å²) in [5.74, 6) is -0.649. The van der Waals surface area contributed by atoms with E-state index in [1.807, 2.05) is 0 Å². The van der Waals surface area contributed by atoms with Gasteiger partial charge in [-0.25, -0.2) is 0 Å². The van der Waals surface area contributed by atoms with E-state index in [1.54, 1.807) is 27.7 Å². The highest BCUT2D eigenvalue weighted by Gasteiger charge is 2.48. The molecule has 1 unspecified atom stereocenters. The molecule has 0 N–H and O–H groups in total. The fourth-order valence-electron chi connectivity index (χ4n) is 2.18. The number of hydrogen-bond acceptors (Lipinski definition) is 4. The summed E-state index contributed by atoms with van der Waals surface area (Å²) in [6, 6.07) is 0. The third-order valence-electron chi connectivity index (χ3n) is 3.30. The highest BCUT2D eigenvalue weighted by molar-refractivity contribution is 6.06. The average molecular weight is 242 g/mol. The maximum atomic E-state index is 12.4. The van der Waals surface area contributed by atoms with Crippen LogP contribution < -0.4 is 0 Å². The van der Waals surface area contributed by atoms with Crippen LogP contribution in [-0.4, -0.2) is 30.6 Å². The van der Waals surface area contributed by atoms with Crippen LogP contribution in [0.5, 0.6) is 0 Å². The Labute approximate surface area is 103 Å². The number of ketones is 1. The highest BCUT2D eigenvalue weighted by Crippen LogP contribution is 2.33. The summed E-state index contributed by atoms with van der Waals surface area (Å²) in [4.78, 5) is 24.2. The highest BCUT2D eigenvalue weighted by atomic mass is 16.5. The van der Waals surface area contributed by atoms with Gasteiger partial charge in [-0.15, -0.1) is 0 Å². The normalized spacial score (nSPS) is 25.4. The van der Waals surface area contributed by atoms with Gasteiger partial charge in [0.05, 0.1) is 6.61 Å². The van der Waals surface area contributed by atoms with Crippen molar-refractivity contribution in [2.75, 3.05) is 13.2 Å². The number of Topliss-reactive ketones (excluding diaryl/α,β-unsaturated/α-hetero) is 1. The van der Waals surface area contributed by atoms with E-state index in [1.165, 1.54) is 0 Å². The molecule has 4 heteroatoms. The summed E-state index contributed by atoms with van der Waals surface area (Å²) in [7, 11) is 0. The van der Waals surface area contributed by atoms with Crippen molar-refractivity contribution in [3.63, 3.8) is 0 Å². The lowest BCUT2D eigenvalue weighted by atomic mass is 9.76. The Morgan fingerprint density at radius 2 is 2.00 bits per heavy atom. The maximum absolute atomic E-state index is 12.4. The number of rotatable bonds is 4. The zero-order chi connectivity index (χ0) is 13.1. The fraction of sp³-hybridized carbons (Fsp3) is 0.846. The lowest BCUT2D eigenvalue weighted by Crippen LogP contribution is -2.51. The molecule has 98 valence electrons. The first-order valence-electron chi connectivity index (χ1n) is 6.20. The van der Waals surface area contributed by atoms with Gasteiger partial charge in [0.25, 0.3) is 0 Å². The van der Waals surface area contributed by atoms with E-state index in [4.69, 9.17) is 9.47 Å². The van der Waals surface area contributed by atoms with Gasteiger partial charge < -0.3 is 9.47 Å². The molecule has 4 nitrogen and oxygen atoms in total. The summed E-state index contributed by atoms with van der Waals surface area (Å²) in [6.07, 6.45) is 2.61. The molecule has 1 atom stereocenters. The summed E-state index contributed by atoms with van der Waals surface area (Å²) in [6.45, 7) is 7.59. The largest absolute Gasteiger partial charge is 0.465 e. The molecule has 0 radical (unpaired) electrons. The third kappa shape index (κ3) is 2.86. The SMILES string of the molecule is CCOC(=O)C(C)(C)C(=O)C1(C)CCCCO1. The first kappa shape index (κ1) is 14.2. The van der Waals surface area contributed by atoms with E-state index < -0.39 is 17.0 Å². The molecule has 1 aliphatic heterocycles.